The van der Waals surface area contributed by atoms with E-state index in [1.807, 2.05) is 24.3 Å². The quantitative estimate of drug-likeness (QED) is 0.567. The number of hydrogen-bond acceptors (Lipinski definition) is 5. The van der Waals surface area contributed by atoms with E-state index in [0.717, 1.165) is 36.6 Å². The number of benzene rings is 2. The molecule has 2 heterocycles. The molecule has 0 saturated carbocycles. The molecule has 3 aromatic rings. The molecule has 0 saturated heterocycles. The van der Waals surface area contributed by atoms with Crippen molar-refractivity contribution in [1.29, 1.82) is 0 Å². The SMILES string of the molecule is COc1cccc(CNC(=O)c2c(OC)cc(=O)n3c2CCN(Cc2ccc(C)c(C)c2)CC3)c1. The van der Waals surface area contributed by atoms with Crippen molar-refractivity contribution < 1.29 is 14.3 Å². The smallest absolute Gasteiger partial charge is 0.257 e. The highest BCUT2D eigenvalue weighted by molar-refractivity contribution is 5.98. The Bertz CT molecular complexity index is 1280. The van der Waals surface area contributed by atoms with Crippen molar-refractivity contribution >= 4 is 5.91 Å². The van der Waals surface area contributed by atoms with Gasteiger partial charge >= 0.3 is 0 Å². The number of nitrogens with zero attached hydrogens (tertiary/aromatic N) is 2. The first-order valence-corrected chi connectivity index (χ1v) is 11.9. The summed E-state index contributed by atoms with van der Waals surface area (Å²) in [5, 5.41) is 2.99. The summed E-state index contributed by atoms with van der Waals surface area (Å²) in [6, 6.07) is 15.5. The van der Waals surface area contributed by atoms with Gasteiger partial charge in [-0.1, -0.05) is 30.3 Å². The van der Waals surface area contributed by atoms with Gasteiger partial charge < -0.3 is 19.4 Å². The molecule has 1 amide bonds. The Morgan fingerprint density at radius 1 is 0.943 bits per heavy atom. The zero-order chi connectivity index (χ0) is 24.9. The van der Waals surface area contributed by atoms with Crippen LogP contribution >= 0.6 is 0 Å². The molecule has 0 aliphatic carbocycles. The van der Waals surface area contributed by atoms with Crippen LogP contribution in [0.2, 0.25) is 0 Å². The van der Waals surface area contributed by atoms with Crippen molar-refractivity contribution in [3.63, 3.8) is 0 Å². The number of methoxy groups -OCH3 is 2. The normalized spacial score (nSPS) is 13.6. The highest BCUT2D eigenvalue weighted by Gasteiger charge is 2.25. The molecular formula is C28H33N3O4. The number of aromatic nitrogens is 1. The summed E-state index contributed by atoms with van der Waals surface area (Å²) in [5.41, 5.74) is 5.74. The topological polar surface area (TPSA) is 72.8 Å². The lowest BCUT2D eigenvalue weighted by Gasteiger charge is -2.20. The summed E-state index contributed by atoms with van der Waals surface area (Å²) in [7, 11) is 3.11. The van der Waals surface area contributed by atoms with Gasteiger partial charge in [0.2, 0.25) is 0 Å². The maximum atomic E-state index is 13.3. The lowest BCUT2D eigenvalue weighted by molar-refractivity contribution is 0.0945. The summed E-state index contributed by atoms with van der Waals surface area (Å²) < 4.78 is 12.5. The van der Waals surface area contributed by atoms with E-state index < -0.39 is 0 Å². The fourth-order valence-corrected chi connectivity index (χ4v) is 4.57. The molecule has 4 rings (SSSR count). The van der Waals surface area contributed by atoms with Gasteiger partial charge in [-0.05, 0) is 48.2 Å². The zero-order valence-corrected chi connectivity index (χ0v) is 20.9. The highest BCUT2D eigenvalue weighted by atomic mass is 16.5. The van der Waals surface area contributed by atoms with E-state index in [1.54, 1.807) is 11.7 Å². The second-order valence-electron chi connectivity index (χ2n) is 9.00. The fourth-order valence-electron chi connectivity index (χ4n) is 4.57. The van der Waals surface area contributed by atoms with Crippen LogP contribution in [0.5, 0.6) is 11.5 Å². The average molecular weight is 476 g/mol. The molecule has 184 valence electrons. The van der Waals surface area contributed by atoms with Crippen molar-refractivity contribution in [2.24, 2.45) is 0 Å². The Hall–Kier alpha value is -3.58. The molecule has 0 radical (unpaired) electrons. The molecule has 1 aliphatic rings. The Balaban J connectivity index is 1.55. The molecule has 35 heavy (non-hydrogen) atoms. The molecule has 1 aliphatic heterocycles. The van der Waals surface area contributed by atoms with Crippen LogP contribution in [0, 0.1) is 13.8 Å². The zero-order valence-electron chi connectivity index (χ0n) is 20.9. The molecule has 0 fully saturated rings. The fraction of sp³-hybridized carbons (Fsp3) is 0.357. The van der Waals surface area contributed by atoms with Crippen molar-refractivity contribution in [3.8, 4) is 11.5 Å². The number of nitrogens with one attached hydrogen (secondary N) is 1. The lowest BCUT2D eigenvalue weighted by atomic mass is 10.1. The molecule has 0 spiro atoms. The van der Waals surface area contributed by atoms with Crippen molar-refractivity contribution in [1.82, 2.24) is 14.8 Å². The summed E-state index contributed by atoms with van der Waals surface area (Å²) in [4.78, 5) is 28.6. The van der Waals surface area contributed by atoms with Crippen LogP contribution in [-0.4, -0.2) is 42.7 Å². The predicted octanol–water partition coefficient (Wildman–Crippen LogP) is 3.47. The first-order valence-electron chi connectivity index (χ1n) is 11.9. The van der Waals surface area contributed by atoms with Gasteiger partial charge in [0, 0.05) is 50.9 Å². The van der Waals surface area contributed by atoms with Crippen LogP contribution in [0.3, 0.4) is 0 Å². The van der Waals surface area contributed by atoms with Gasteiger partial charge in [-0.15, -0.1) is 0 Å². The molecule has 7 heteroatoms. The second kappa shape index (κ2) is 10.8. The van der Waals surface area contributed by atoms with Gasteiger partial charge in [0.25, 0.3) is 11.5 Å². The molecule has 0 atom stereocenters. The molecule has 7 nitrogen and oxygen atoms in total. The molecular weight excluding hydrogens is 442 g/mol. The van der Waals surface area contributed by atoms with Gasteiger partial charge in [0.15, 0.2) is 0 Å². The monoisotopic (exact) mass is 475 g/mol. The van der Waals surface area contributed by atoms with Gasteiger partial charge in [0.05, 0.1) is 14.2 Å². The number of ether oxygens (including phenoxy) is 2. The molecule has 0 unspecified atom stereocenters. The van der Waals surface area contributed by atoms with E-state index in [2.05, 4.69) is 42.3 Å². The van der Waals surface area contributed by atoms with E-state index in [0.29, 0.717) is 30.8 Å². The Morgan fingerprint density at radius 2 is 1.77 bits per heavy atom. The minimum Gasteiger partial charge on any atom is -0.497 e. The molecule has 1 N–H and O–H groups in total. The summed E-state index contributed by atoms with van der Waals surface area (Å²) in [5.74, 6) is 0.793. The molecule has 2 aromatic carbocycles. The number of amides is 1. The highest BCUT2D eigenvalue weighted by Crippen LogP contribution is 2.24. The third kappa shape index (κ3) is 5.57. The minimum atomic E-state index is -0.254. The first-order chi connectivity index (χ1) is 16.9. The molecule has 1 aromatic heterocycles. The third-order valence-corrected chi connectivity index (χ3v) is 6.70. The van der Waals surface area contributed by atoms with Crippen LogP contribution in [-0.2, 0) is 26.1 Å². The standard InChI is InChI=1S/C28H33N3O4/c1-19-8-9-22(14-20(19)2)18-30-11-10-24-27(25(35-4)16-26(32)31(24)13-12-30)28(33)29-17-21-6-5-7-23(15-21)34-3/h5-9,14-16H,10-13,17-18H2,1-4H3,(H,29,33). The van der Waals surface area contributed by atoms with E-state index in [1.165, 1.54) is 29.9 Å². The van der Waals surface area contributed by atoms with Crippen LogP contribution in [0.25, 0.3) is 0 Å². The number of fused-ring (bicyclic) bond motifs is 1. The maximum Gasteiger partial charge on any atom is 0.257 e. The van der Waals surface area contributed by atoms with Crippen molar-refractivity contribution in [2.75, 3.05) is 27.3 Å². The summed E-state index contributed by atoms with van der Waals surface area (Å²) >= 11 is 0. The van der Waals surface area contributed by atoms with Crippen LogP contribution in [0.4, 0.5) is 0 Å². The third-order valence-electron chi connectivity index (χ3n) is 6.70. The Morgan fingerprint density at radius 3 is 2.51 bits per heavy atom. The van der Waals surface area contributed by atoms with Crippen LogP contribution in [0.1, 0.15) is 38.3 Å². The van der Waals surface area contributed by atoms with Crippen LogP contribution in [0.15, 0.2) is 53.3 Å². The van der Waals surface area contributed by atoms with Gasteiger partial charge in [0.1, 0.15) is 17.1 Å². The second-order valence-corrected chi connectivity index (χ2v) is 9.00. The Labute approximate surface area is 206 Å². The number of carbonyl (C=O) groups is 1. The average Bonchev–Trinajstić information content (AvgIpc) is 3.08. The van der Waals surface area contributed by atoms with Crippen LogP contribution < -0.4 is 20.3 Å². The predicted molar refractivity (Wildman–Crippen MR) is 136 cm³/mol. The van der Waals surface area contributed by atoms with Gasteiger partial charge in [-0.2, -0.15) is 0 Å². The van der Waals surface area contributed by atoms with E-state index >= 15 is 0 Å². The Kier molecular flexibility index (Phi) is 7.56. The van der Waals surface area contributed by atoms with Crippen molar-refractivity contribution in [2.45, 2.75) is 39.9 Å². The summed E-state index contributed by atoms with van der Waals surface area (Å²) in [6.45, 7) is 7.39. The lowest BCUT2D eigenvalue weighted by Crippen LogP contribution is -2.31. The number of carbonyl (C=O) groups excluding carboxylic acids is 1. The van der Waals surface area contributed by atoms with Crippen molar-refractivity contribution in [3.05, 3.63) is 92.4 Å². The van der Waals surface area contributed by atoms with E-state index in [4.69, 9.17) is 9.47 Å². The maximum absolute atomic E-state index is 13.3. The minimum absolute atomic E-state index is 0.144. The number of rotatable bonds is 7. The largest absolute Gasteiger partial charge is 0.497 e. The van der Waals surface area contributed by atoms with Gasteiger partial charge in [-0.3, -0.25) is 14.5 Å². The number of aryl methyl sites for hydroxylation is 2. The van der Waals surface area contributed by atoms with E-state index in [9.17, 15) is 9.59 Å². The summed E-state index contributed by atoms with van der Waals surface area (Å²) in [6.07, 6.45) is 0.583. The van der Waals surface area contributed by atoms with Gasteiger partial charge in [-0.25, -0.2) is 0 Å². The molecule has 0 bridgehead atoms. The first kappa shape index (κ1) is 24.5. The van der Waals surface area contributed by atoms with E-state index in [-0.39, 0.29) is 11.5 Å². The number of pyridine rings is 1. The number of hydrogen-bond donors (Lipinski definition) is 1.